The number of nitrogens with zero attached hydrogens (tertiary/aromatic N) is 3. The minimum absolute atomic E-state index is 0.277. The molecule has 92 valence electrons. The van der Waals surface area contributed by atoms with Gasteiger partial charge < -0.3 is 4.40 Å². The third-order valence-corrected chi connectivity index (χ3v) is 3.99. The molecule has 3 nitrogen and oxygen atoms in total. The molecule has 4 aromatic rings. The number of para-hydroxylation sites is 1. The van der Waals surface area contributed by atoms with Crippen molar-refractivity contribution in [3.05, 3.63) is 54.6 Å². The summed E-state index contributed by atoms with van der Waals surface area (Å²) in [5, 5.41) is 0.852. The molecule has 4 rings (SSSR count). The molecule has 3 heterocycles. The summed E-state index contributed by atoms with van der Waals surface area (Å²) in [7, 11) is 0. The van der Waals surface area contributed by atoms with Crippen LogP contribution in [0, 0.1) is 5.82 Å². The van der Waals surface area contributed by atoms with Crippen molar-refractivity contribution in [3.8, 4) is 10.7 Å². The van der Waals surface area contributed by atoms with Gasteiger partial charge >= 0.3 is 0 Å². The average Bonchev–Trinajstić information content (AvgIpc) is 3.00. The zero-order chi connectivity index (χ0) is 12.8. The fourth-order valence-corrected chi connectivity index (χ4v) is 2.97. The van der Waals surface area contributed by atoms with E-state index in [2.05, 4.69) is 9.97 Å². The van der Waals surface area contributed by atoms with E-state index < -0.39 is 0 Å². The zero-order valence-electron chi connectivity index (χ0n) is 9.75. The fourth-order valence-electron chi connectivity index (χ4n) is 2.05. The van der Waals surface area contributed by atoms with Gasteiger partial charge in [0.2, 0.25) is 0 Å². The number of rotatable bonds is 1. The molecule has 0 radical (unpaired) electrons. The highest BCUT2D eigenvalue weighted by atomic mass is 32.1. The van der Waals surface area contributed by atoms with Gasteiger partial charge in [-0.1, -0.05) is 12.1 Å². The molecular weight excluding hydrogens is 261 g/mol. The van der Waals surface area contributed by atoms with Gasteiger partial charge in [-0.15, -0.1) is 11.3 Å². The molecule has 0 atom stereocenters. The number of pyridine rings is 1. The van der Waals surface area contributed by atoms with E-state index in [0.717, 1.165) is 26.6 Å². The van der Waals surface area contributed by atoms with Crippen molar-refractivity contribution in [2.45, 2.75) is 0 Å². The molecule has 0 unspecified atom stereocenters. The van der Waals surface area contributed by atoms with Gasteiger partial charge in [-0.2, -0.15) is 0 Å². The van der Waals surface area contributed by atoms with Crippen LogP contribution in [0.1, 0.15) is 0 Å². The Morgan fingerprint density at radius 2 is 1.89 bits per heavy atom. The summed E-state index contributed by atoms with van der Waals surface area (Å²) in [5.41, 5.74) is 2.45. The first-order valence-corrected chi connectivity index (χ1v) is 6.61. The summed E-state index contributed by atoms with van der Waals surface area (Å²) in [6.45, 7) is 0. The Kier molecular flexibility index (Phi) is 2.16. The van der Waals surface area contributed by atoms with Gasteiger partial charge in [-0.05, 0) is 24.3 Å². The number of hydrogen-bond acceptors (Lipinski definition) is 3. The van der Waals surface area contributed by atoms with Gasteiger partial charge in [-0.25, -0.2) is 14.4 Å². The van der Waals surface area contributed by atoms with Crippen molar-refractivity contribution < 1.29 is 4.39 Å². The van der Waals surface area contributed by atoms with Crippen LogP contribution in [0.5, 0.6) is 0 Å². The standard InChI is InChI=1S/C14H8FN3S/c15-9-5-6-13-16-11(8-18(13)7-9)14-17-10-3-1-2-4-12(10)19-14/h1-8H. The number of fused-ring (bicyclic) bond motifs is 2. The number of halogens is 1. The second-order valence-corrected chi connectivity index (χ2v) is 5.26. The molecule has 0 saturated carbocycles. The van der Waals surface area contributed by atoms with Crippen LogP contribution < -0.4 is 0 Å². The Hall–Kier alpha value is -2.27. The third kappa shape index (κ3) is 1.70. The minimum atomic E-state index is -0.277. The molecule has 0 saturated heterocycles. The van der Waals surface area contributed by atoms with Crippen LogP contribution in [0.15, 0.2) is 48.8 Å². The molecule has 0 bridgehead atoms. The molecule has 0 amide bonds. The van der Waals surface area contributed by atoms with Crippen molar-refractivity contribution in [1.29, 1.82) is 0 Å². The van der Waals surface area contributed by atoms with Crippen LogP contribution in [0.25, 0.3) is 26.6 Å². The summed E-state index contributed by atoms with van der Waals surface area (Å²) in [6, 6.07) is 11.0. The number of aromatic nitrogens is 3. The highest BCUT2D eigenvalue weighted by Crippen LogP contribution is 2.29. The normalized spacial score (nSPS) is 11.4. The number of benzene rings is 1. The first kappa shape index (κ1) is 10.6. The van der Waals surface area contributed by atoms with Crippen LogP contribution in [0.2, 0.25) is 0 Å². The summed E-state index contributed by atoms with van der Waals surface area (Å²) in [4.78, 5) is 9.01. The number of thiazole rings is 1. The number of imidazole rings is 1. The first-order valence-electron chi connectivity index (χ1n) is 5.80. The van der Waals surface area contributed by atoms with Crippen molar-refractivity contribution in [3.63, 3.8) is 0 Å². The van der Waals surface area contributed by atoms with E-state index >= 15 is 0 Å². The van der Waals surface area contributed by atoms with Crippen LogP contribution in [0.4, 0.5) is 4.39 Å². The van der Waals surface area contributed by atoms with E-state index in [4.69, 9.17) is 0 Å². The largest absolute Gasteiger partial charge is 0.303 e. The zero-order valence-corrected chi connectivity index (χ0v) is 10.6. The van der Waals surface area contributed by atoms with E-state index in [1.165, 1.54) is 12.3 Å². The highest BCUT2D eigenvalue weighted by molar-refractivity contribution is 7.21. The first-order chi connectivity index (χ1) is 9.29. The maximum atomic E-state index is 13.2. The lowest BCUT2D eigenvalue weighted by Crippen LogP contribution is -1.83. The van der Waals surface area contributed by atoms with E-state index in [0.29, 0.717) is 0 Å². The Bertz CT molecular complexity index is 861. The predicted octanol–water partition coefficient (Wildman–Crippen LogP) is 3.75. The Morgan fingerprint density at radius 1 is 1.00 bits per heavy atom. The molecule has 0 spiro atoms. The fraction of sp³-hybridized carbons (Fsp3) is 0. The highest BCUT2D eigenvalue weighted by Gasteiger charge is 2.10. The molecule has 0 fully saturated rings. The Balaban J connectivity index is 1.93. The molecule has 19 heavy (non-hydrogen) atoms. The SMILES string of the molecule is Fc1ccc2nc(-c3nc4ccccc4s3)cn2c1. The van der Waals surface area contributed by atoms with Gasteiger partial charge in [-0.3, -0.25) is 0 Å². The number of hydrogen-bond donors (Lipinski definition) is 0. The molecule has 5 heteroatoms. The monoisotopic (exact) mass is 269 g/mol. The van der Waals surface area contributed by atoms with Crippen LogP contribution >= 0.6 is 11.3 Å². The van der Waals surface area contributed by atoms with Gasteiger partial charge in [0.25, 0.3) is 0 Å². The van der Waals surface area contributed by atoms with E-state index in [1.54, 1.807) is 28.0 Å². The topological polar surface area (TPSA) is 30.2 Å². The lowest BCUT2D eigenvalue weighted by atomic mass is 10.3. The van der Waals surface area contributed by atoms with Gasteiger partial charge in [0.05, 0.1) is 10.2 Å². The Labute approximate surface area is 112 Å². The predicted molar refractivity (Wildman–Crippen MR) is 73.8 cm³/mol. The van der Waals surface area contributed by atoms with Gasteiger partial charge in [0.1, 0.15) is 22.2 Å². The summed E-state index contributed by atoms with van der Waals surface area (Å²) in [5.74, 6) is -0.277. The van der Waals surface area contributed by atoms with Gasteiger partial charge in [0, 0.05) is 12.4 Å². The molecule has 0 aliphatic rings. The molecule has 3 aromatic heterocycles. The molecular formula is C14H8FN3S. The quantitative estimate of drug-likeness (QED) is 0.527. The van der Waals surface area contributed by atoms with Crippen molar-refractivity contribution >= 4 is 27.2 Å². The molecule has 0 N–H and O–H groups in total. The van der Waals surface area contributed by atoms with Crippen molar-refractivity contribution in [2.24, 2.45) is 0 Å². The van der Waals surface area contributed by atoms with Crippen LogP contribution in [-0.2, 0) is 0 Å². The summed E-state index contributed by atoms with van der Waals surface area (Å²) in [6.07, 6.45) is 3.22. The Morgan fingerprint density at radius 3 is 2.79 bits per heavy atom. The smallest absolute Gasteiger partial charge is 0.144 e. The maximum absolute atomic E-state index is 13.2. The van der Waals surface area contributed by atoms with Crippen molar-refractivity contribution in [1.82, 2.24) is 14.4 Å². The molecule has 1 aromatic carbocycles. The third-order valence-electron chi connectivity index (χ3n) is 2.93. The molecule has 0 aliphatic heterocycles. The summed E-state index contributed by atoms with van der Waals surface area (Å²) < 4.78 is 16.0. The van der Waals surface area contributed by atoms with E-state index in [-0.39, 0.29) is 5.82 Å². The van der Waals surface area contributed by atoms with E-state index in [9.17, 15) is 4.39 Å². The van der Waals surface area contributed by atoms with Crippen LogP contribution in [-0.4, -0.2) is 14.4 Å². The summed E-state index contributed by atoms with van der Waals surface area (Å²) >= 11 is 1.59. The van der Waals surface area contributed by atoms with Gasteiger partial charge in [0.15, 0.2) is 0 Å². The maximum Gasteiger partial charge on any atom is 0.144 e. The minimum Gasteiger partial charge on any atom is -0.303 e. The van der Waals surface area contributed by atoms with Crippen LogP contribution in [0.3, 0.4) is 0 Å². The van der Waals surface area contributed by atoms with Crippen molar-refractivity contribution in [2.75, 3.05) is 0 Å². The lowest BCUT2D eigenvalue weighted by Gasteiger charge is -1.90. The molecule has 0 aliphatic carbocycles. The average molecular weight is 269 g/mol. The second-order valence-electron chi connectivity index (χ2n) is 4.23. The second kappa shape index (κ2) is 3.86. The lowest BCUT2D eigenvalue weighted by molar-refractivity contribution is 0.619. The van der Waals surface area contributed by atoms with E-state index in [1.807, 2.05) is 24.3 Å².